The van der Waals surface area contributed by atoms with E-state index < -0.39 is 5.97 Å². The molecule has 1 aliphatic rings. The van der Waals surface area contributed by atoms with Crippen LogP contribution in [0.2, 0.25) is 0 Å². The van der Waals surface area contributed by atoms with E-state index in [1.807, 2.05) is 26.8 Å². The van der Waals surface area contributed by atoms with Crippen LogP contribution in [0.3, 0.4) is 0 Å². The zero-order valence-electron chi connectivity index (χ0n) is 11.3. The van der Waals surface area contributed by atoms with Crippen molar-refractivity contribution in [1.82, 2.24) is 4.41 Å². The third-order valence-electron chi connectivity index (χ3n) is 2.21. The van der Waals surface area contributed by atoms with Gasteiger partial charge in [0.2, 0.25) is 0 Å². The van der Waals surface area contributed by atoms with Crippen molar-refractivity contribution in [2.45, 2.75) is 27.7 Å². The molecule has 18 heavy (non-hydrogen) atoms. The van der Waals surface area contributed by atoms with Gasteiger partial charge in [-0.15, -0.1) is 0 Å². The van der Waals surface area contributed by atoms with E-state index in [-0.39, 0.29) is 17.6 Å². The Hall–Kier alpha value is -1.48. The molecule has 0 fully saturated rings. The zero-order valence-corrected chi connectivity index (χ0v) is 12.1. The minimum absolute atomic E-state index is 0.0277. The Bertz CT molecular complexity index is 455. The van der Waals surface area contributed by atoms with Gasteiger partial charge in [-0.25, -0.2) is 9.21 Å². The summed E-state index contributed by atoms with van der Waals surface area (Å²) >= 11 is 1.27. The second kappa shape index (κ2) is 5.44. The molecule has 0 saturated heterocycles. The molecule has 0 atom stereocenters. The molecule has 0 aromatic carbocycles. The number of ether oxygens (including phenoxy) is 1. The van der Waals surface area contributed by atoms with Crippen molar-refractivity contribution < 1.29 is 9.53 Å². The quantitative estimate of drug-likeness (QED) is 0.332. The SMILES string of the molecule is CCOC(=O)/C(C#N)=C1\SN(C)N=C1C(C)(C)C. The lowest BCUT2D eigenvalue weighted by Gasteiger charge is -2.18. The minimum atomic E-state index is -0.588. The van der Waals surface area contributed by atoms with E-state index >= 15 is 0 Å². The van der Waals surface area contributed by atoms with E-state index in [0.717, 1.165) is 5.71 Å². The molecular formula is C12H17N3O2S. The van der Waals surface area contributed by atoms with Crippen LogP contribution in [0.4, 0.5) is 0 Å². The van der Waals surface area contributed by atoms with Gasteiger partial charge in [0.1, 0.15) is 6.07 Å². The molecule has 0 radical (unpaired) electrons. The fraction of sp³-hybridized carbons (Fsp3) is 0.583. The monoisotopic (exact) mass is 267 g/mol. The maximum Gasteiger partial charge on any atom is 0.350 e. The molecule has 1 rings (SSSR count). The summed E-state index contributed by atoms with van der Waals surface area (Å²) in [6, 6.07) is 1.93. The van der Waals surface area contributed by atoms with Crippen LogP contribution in [-0.2, 0) is 9.53 Å². The van der Waals surface area contributed by atoms with Gasteiger partial charge in [-0.3, -0.25) is 0 Å². The molecule has 0 aliphatic carbocycles. The number of carbonyl (C=O) groups is 1. The summed E-state index contributed by atoms with van der Waals surface area (Å²) in [7, 11) is 1.78. The lowest BCUT2D eigenvalue weighted by atomic mass is 9.88. The number of rotatable bonds is 2. The van der Waals surface area contributed by atoms with Crippen molar-refractivity contribution in [2.75, 3.05) is 13.7 Å². The normalized spacial score (nSPS) is 18.2. The molecule has 0 N–H and O–H groups in total. The smallest absolute Gasteiger partial charge is 0.350 e. The van der Waals surface area contributed by atoms with Crippen molar-refractivity contribution in [3.8, 4) is 6.07 Å². The number of nitriles is 1. The standard InChI is InChI=1S/C12H17N3O2S/c1-6-17-11(16)8(7-13)9-10(12(2,3)4)14-15(5)18-9/h6H2,1-5H3/b9-8-. The largest absolute Gasteiger partial charge is 0.462 e. The average Bonchev–Trinajstić information content (AvgIpc) is 2.61. The van der Waals surface area contributed by atoms with Gasteiger partial charge in [-0.1, -0.05) is 20.8 Å². The minimum Gasteiger partial charge on any atom is -0.462 e. The van der Waals surface area contributed by atoms with Gasteiger partial charge >= 0.3 is 5.97 Å². The molecule has 0 spiro atoms. The first-order valence-electron chi connectivity index (χ1n) is 5.64. The van der Waals surface area contributed by atoms with E-state index in [4.69, 9.17) is 10.00 Å². The summed E-state index contributed by atoms with van der Waals surface area (Å²) in [5.41, 5.74) is 0.529. The molecule has 0 unspecified atom stereocenters. The molecule has 6 heteroatoms. The molecule has 98 valence electrons. The second-order valence-electron chi connectivity index (χ2n) is 4.79. The van der Waals surface area contributed by atoms with Crippen LogP contribution in [0.5, 0.6) is 0 Å². The first kappa shape index (κ1) is 14.6. The number of esters is 1. The highest BCUT2D eigenvalue weighted by Crippen LogP contribution is 2.38. The highest BCUT2D eigenvalue weighted by Gasteiger charge is 2.34. The number of nitrogens with zero attached hydrogens (tertiary/aromatic N) is 3. The summed E-state index contributed by atoms with van der Waals surface area (Å²) in [6.45, 7) is 7.94. The van der Waals surface area contributed by atoms with Crippen molar-refractivity contribution in [3.63, 3.8) is 0 Å². The zero-order chi connectivity index (χ0) is 13.9. The Morgan fingerprint density at radius 1 is 1.56 bits per heavy atom. The molecule has 1 aliphatic heterocycles. The molecule has 5 nitrogen and oxygen atoms in total. The molecule has 0 aromatic heterocycles. The van der Waals surface area contributed by atoms with Gasteiger partial charge < -0.3 is 4.74 Å². The Labute approximate surface area is 112 Å². The number of allylic oxidation sites excluding steroid dienone is 1. The van der Waals surface area contributed by atoms with Gasteiger partial charge in [-0.2, -0.15) is 10.4 Å². The predicted molar refractivity (Wildman–Crippen MR) is 71.5 cm³/mol. The average molecular weight is 267 g/mol. The third kappa shape index (κ3) is 3.05. The van der Waals surface area contributed by atoms with E-state index in [9.17, 15) is 4.79 Å². The summed E-state index contributed by atoms with van der Waals surface area (Å²) in [4.78, 5) is 12.3. The van der Waals surface area contributed by atoms with Gasteiger partial charge in [0, 0.05) is 24.4 Å². The highest BCUT2D eigenvalue weighted by molar-refractivity contribution is 8.02. The lowest BCUT2D eigenvalue weighted by Crippen LogP contribution is -2.22. The van der Waals surface area contributed by atoms with Crippen molar-refractivity contribution >= 4 is 23.6 Å². The first-order chi connectivity index (χ1) is 8.31. The number of hydrogen-bond acceptors (Lipinski definition) is 6. The van der Waals surface area contributed by atoms with Crippen molar-refractivity contribution in [2.24, 2.45) is 10.5 Å². The molecule has 0 aromatic rings. The topological polar surface area (TPSA) is 65.7 Å². The highest BCUT2D eigenvalue weighted by atomic mass is 32.2. The predicted octanol–water partition coefficient (Wildman–Crippen LogP) is 2.32. The Kier molecular flexibility index (Phi) is 4.41. The second-order valence-corrected chi connectivity index (χ2v) is 5.91. The first-order valence-corrected chi connectivity index (χ1v) is 6.41. The Morgan fingerprint density at radius 2 is 2.17 bits per heavy atom. The van der Waals surface area contributed by atoms with Gasteiger partial charge in [0.25, 0.3) is 0 Å². The molecule has 0 amide bonds. The van der Waals surface area contributed by atoms with Crippen LogP contribution >= 0.6 is 11.9 Å². The third-order valence-corrected chi connectivity index (χ3v) is 3.13. The van der Waals surface area contributed by atoms with Crippen LogP contribution < -0.4 is 0 Å². The Morgan fingerprint density at radius 3 is 2.61 bits per heavy atom. The number of carbonyl (C=O) groups excluding carboxylic acids is 1. The van der Waals surface area contributed by atoms with Crippen LogP contribution in [0.15, 0.2) is 15.6 Å². The van der Waals surface area contributed by atoms with E-state index in [2.05, 4.69) is 5.10 Å². The summed E-state index contributed by atoms with van der Waals surface area (Å²) in [5, 5.41) is 13.5. The lowest BCUT2D eigenvalue weighted by molar-refractivity contribution is -0.138. The molecule has 0 saturated carbocycles. The van der Waals surface area contributed by atoms with Crippen LogP contribution in [0, 0.1) is 16.7 Å². The molecule has 0 bridgehead atoms. The van der Waals surface area contributed by atoms with Gasteiger partial charge in [0.15, 0.2) is 5.57 Å². The van der Waals surface area contributed by atoms with Gasteiger partial charge in [0.05, 0.1) is 17.2 Å². The van der Waals surface area contributed by atoms with Crippen LogP contribution in [0.1, 0.15) is 27.7 Å². The fourth-order valence-electron chi connectivity index (χ4n) is 1.43. The van der Waals surface area contributed by atoms with E-state index in [1.165, 1.54) is 11.9 Å². The van der Waals surface area contributed by atoms with Gasteiger partial charge in [-0.05, 0) is 6.92 Å². The van der Waals surface area contributed by atoms with Crippen LogP contribution in [-0.4, -0.2) is 29.7 Å². The maximum absolute atomic E-state index is 11.8. The number of hydrazone groups is 1. The van der Waals surface area contributed by atoms with E-state index in [0.29, 0.717) is 4.91 Å². The maximum atomic E-state index is 11.8. The van der Waals surface area contributed by atoms with Crippen molar-refractivity contribution in [1.29, 1.82) is 5.26 Å². The summed E-state index contributed by atoms with van der Waals surface area (Å²) in [6.07, 6.45) is 0. The Balaban J connectivity index is 3.25. The number of hydrogen-bond donors (Lipinski definition) is 0. The molecule has 1 heterocycles. The van der Waals surface area contributed by atoms with Crippen molar-refractivity contribution in [3.05, 3.63) is 10.5 Å². The fourth-order valence-corrected chi connectivity index (χ4v) is 2.47. The molecular weight excluding hydrogens is 250 g/mol. The van der Waals surface area contributed by atoms with Crippen LogP contribution in [0.25, 0.3) is 0 Å². The summed E-state index contributed by atoms with van der Waals surface area (Å²) < 4.78 is 6.54. The summed E-state index contributed by atoms with van der Waals surface area (Å²) in [5.74, 6) is -0.588. The van der Waals surface area contributed by atoms with E-state index in [1.54, 1.807) is 18.4 Å².